The number of benzene rings is 2. The Morgan fingerprint density at radius 1 is 1.15 bits per heavy atom. The van der Waals surface area contributed by atoms with Gasteiger partial charge in [0.05, 0.1) is 12.4 Å². The van der Waals surface area contributed by atoms with E-state index in [1.165, 1.54) is 11.8 Å². The van der Waals surface area contributed by atoms with Crippen LogP contribution in [0.5, 0.6) is 0 Å². The Bertz CT molecular complexity index is 884. The van der Waals surface area contributed by atoms with E-state index in [0.29, 0.717) is 23.3 Å². The molecular formula is C19H19ClN4O2S. The maximum atomic E-state index is 12.0. The van der Waals surface area contributed by atoms with E-state index >= 15 is 0 Å². The Labute approximate surface area is 166 Å². The zero-order valence-corrected chi connectivity index (χ0v) is 16.3. The zero-order valence-electron chi connectivity index (χ0n) is 14.8. The quantitative estimate of drug-likeness (QED) is 0.456. The Hall–Kier alpha value is -2.35. The molecular weight excluding hydrogens is 384 g/mol. The van der Waals surface area contributed by atoms with Gasteiger partial charge in [-0.2, -0.15) is 0 Å². The molecule has 0 aliphatic rings. The zero-order chi connectivity index (χ0) is 19.1. The highest BCUT2D eigenvalue weighted by molar-refractivity contribution is 7.99. The molecule has 0 radical (unpaired) electrons. The summed E-state index contributed by atoms with van der Waals surface area (Å²) >= 11 is 7.26. The molecule has 0 fully saturated rings. The van der Waals surface area contributed by atoms with Gasteiger partial charge in [0, 0.05) is 17.1 Å². The summed E-state index contributed by atoms with van der Waals surface area (Å²) in [6, 6.07) is 17.1. The van der Waals surface area contributed by atoms with Gasteiger partial charge in [0.1, 0.15) is 0 Å². The van der Waals surface area contributed by atoms with Gasteiger partial charge in [-0.15, -0.1) is 10.2 Å². The summed E-state index contributed by atoms with van der Waals surface area (Å²) in [6.07, 6.45) is 0. The van der Waals surface area contributed by atoms with Gasteiger partial charge in [-0.3, -0.25) is 9.63 Å². The van der Waals surface area contributed by atoms with Crippen molar-refractivity contribution in [2.24, 2.45) is 0 Å². The number of nitrogens with zero attached hydrogens (tertiary/aromatic N) is 3. The molecule has 0 saturated heterocycles. The SMILES string of the molecule is CCn1c(SCC(=O)NOCc2ccccc2)nnc1-c1ccc(Cl)cc1. The van der Waals surface area contributed by atoms with Crippen molar-refractivity contribution in [2.45, 2.75) is 25.2 Å². The average molecular weight is 403 g/mol. The van der Waals surface area contributed by atoms with Crippen LogP contribution in [0.2, 0.25) is 5.02 Å². The highest BCUT2D eigenvalue weighted by Gasteiger charge is 2.14. The number of aromatic nitrogens is 3. The van der Waals surface area contributed by atoms with E-state index in [0.717, 1.165) is 17.0 Å². The van der Waals surface area contributed by atoms with Crippen molar-refractivity contribution in [2.75, 3.05) is 5.75 Å². The van der Waals surface area contributed by atoms with E-state index in [1.807, 2.05) is 66.1 Å². The summed E-state index contributed by atoms with van der Waals surface area (Å²) in [7, 11) is 0. The predicted molar refractivity (Wildman–Crippen MR) is 106 cm³/mol. The number of hydroxylamine groups is 1. The number of hydrogen-bond donors (Lipinski definition) is 1. The molecule has 3 rings (SSSR count). The first-order valence-corrected chi connectivity index (χ1v) is 9.80. The van der Waals surface area contributed by atoms with Gasteiger partial charge in [0.25, 0.3) is 5.91 Å². The molecule has 6 nitrogen and oxygen atoms in total. The minimum atomic E-state index is -0.227. The van der Waals surface area contributed by atoms with E-state index in [4.69, 9.17) is 16.4 Å². The Balaban J connectivity index is 1.54. The minimum absolute atomic E-state index is 0.188. The van der Waals surface area contributed by atoms with Crippen LogP contribution in [0.15, 0.2) is 59.8 Å². The van der Waals surface area contributed by atoms with Gasteiger partial charge in [0.2, 0.25) is 0 Å². The number of nitrogens with one attached hydrogen (secondary N) is 1. The van der Waals surface area contributed by atoms with Crippen molar-refractivity contribution < 1.29 is 9.63 Å². The van der Waals surface area contributed by atoms with Crippen molar-refractivity contribution in [1.82, 2.24) is 20.2 Å². The van der Waals surface area contributed by atoms with Crippen LogP contribution in [-0.2, 0) is 22.8 Å². The molecule has 0 saturated carbocycles. The molecule has 1 heterocycles. The lowest BCUT2D eigenvalue weighted by Gasteiger charge is -2.08. The van der Waals surface area contributed by atoms with Crippen LogP contribution in [-0.4, -0.2) is 26.4 Å². The second-order valence-corrected chi connectivity index (χ2v) is 7.02. The van der Waals surface area contributed by atoms with Gasteiger partial charge in [0.15, 0.2) is 11.0 Å². The fourth-order valence-electron chi connectivity index (χ4n) is 2.43. The smallest absolute Gasteiger partial charge is 0.254 e. The van der Waals surface area contributed by atoms with Crippen LogP contribution < -0.4 is 5.48 Å². The molecule has 27 heavy (non-hydrogen) atoms. The van der Waals surface area contributed by atoms with Crippen molar-refractivity contribution in [3.63, 3.8) is 0 Å². The van der Waals surface area contributed by atoms with Crippen molar-refractivity contribution in [3.8, 4) is 11.4 Å². The third-order valence-electron chi connectivity index (χ3n) is 3.74. The van der Waals surface area contributed by atoms with Gasteiger partial charge >= 0.3 is 0 Å². The molecule has 1 amide bonds. The highest BCUT2D eigenvalue weighted by atomic mass is 35.5. The number of thioether (sulfide) groups is 1. The molecule has 0 aliphatic heterocycles. The lowest BCUT2D eigenvalue weighted by molar-refractivity contribution is -0.131. The van der Waals surface area contributed by atoms with Crippen LogP contribution in [0, 0.1) is 0 Å². The summed E-state index contributed by atoms with van der Waals surface area (Å²) in [4.78, 5) is 17.2. The van der Waals surface area contributed by atoms with E-state index in [9.17, 15) is 4.79 Å². The monoisotopic (exact) mass is 402 g/mol. The van der Waals surface area contributed by atoms with Crippen molar-refractivity contribution >= 4 is 29.3 Å². The summed E-state index contributed by atoms with van der Waals surface area (Å²) in [5.41, 5.74) is 4.37. The van der Waals surface area contributed by atoms with E-state index < -0.39 is 0 Å². The number of rotatable bonds is 8. The number of halogens is 1. The first kappa shape index (κ1) is 19.4. The molecule has 140 valence electrons. The molecule has 3 aromatic rings. The van der Waals surface area contributed by atoms with Crippen LogP contribution in [0.25, 0.3) is 11.4 Å². The average Bonchev–Trinajstić information content (AvgIpc) is 3.10. The van der Waals surface area contributed by atoms with Crippen molar-refractivity contribution in [1.29, 1.82) is 0 Å². The van der Waals surface area contributed by atoms with Crippen LogP contribution >= 0.6 is 23.4 Å². The molecule has 0 aliphatic carbocycles. The first-order valence-electron chi connectivity index (χ1n) is 8.44. The molecule has 2 aromatic carbocycles. The first-order chi connectivity index (χ1) is 13.2. The highest BCUT2D eigenvalue weighted by Crippen LogP contribution is 2.25. The molecule has 0 atom stereocenters. The molecule has 8 heteroatoms. The van der Waals surface area contributed by atoms with Crippen LogP contribution in [0.4, 0.5) is 0 Å². The molecule has 1 N–H and O–H groups in total. The summed E-state index contributed by atoms with van der Waals surface area (Å²) in [5.74, 6) is 0.708. The third kappa shape index (κ3) is 5.32. The standard InChI is InChI=1S/C19H19ClN4O2S/c1-2-24-18(15-8-10-16(20)11-9-15)21-22-19(24)27-13-17(25)23-26-12-14-6-4-3-5-7-14/h3-11H,2,12-13H2,1H3,(H,23,25). The largest absolute Gasteiger partial charge is 0.302 e. The van der Waals surface area contributed by atoms with E-state index in [-0.39, 0.29) is 11.7 Å². The maximum absolute atomic E-state index is 12.0. The normalized spacial score (nSPS) is 10.7. The summed E-state index contributed by atoms with van der Waals surface area (Å²) < 4.78 is 1.96. The van der Waals surface area contributed by atoms with E-state index in [1.54, 1.807) is 0 Å². The Kier molecular flexibility index (Phi) is 6.86. The molecule has 1 aromatic heterocycles. The fraction of sp³-hybridized carbons (Fsp3) is 0.211. The van der Waals surface area contributed by atoms with Gasteiger partial charge in [-0.1, -0.05) is 53.7 Å². The van der Waals surface area contributed by atoms with Crippen LogP contribution in [0.1, 0.15) is 12.5 Å². The van der Waals surface area contributed by atoms with Gasteiger partial charge in [-0.05, 0) is 36.8 Å². The lowest BCUT2D eigenvalue weighted by Crippen LogP contribution is -2.25. The second kappa shape index (κ2) is 9.55. The van der Waals surface area contributed by atoms with Gasteiger partial charge in [-0.25, -0.2) is 5.48 Å². The third-order valence-corrected chi connectivity index (χ3v) is 4.95. The van der Waals surface area contributed by atoms with Gasteiger partial charge < -0.3 is 4.57 Å². The summed E-state index contributed by atoms with van der Waals surface area (Å²) in [6.45, 7) is 3.03. The number of carbonyl (C=O) groups is 1. The number of hydrogen-bond acceptors (Lipinski definition) is 5. The summed E-state index contributed by atoms with van der Waals surface area (Å²) in [5, 5.41) is 9.81. The van der Waals surface area contributed by atoms with Crippen molar-refractivity contribution in [3.05, 3.63) is 65.2 Å². The fourth-order valence-corrected chi connectivity index (χ4v) is 3.34. The topological polar surface area (TPSA) is 69.0 Å². The maximum Gasteiger partial charge on any atom is 0.254 e. The minimum Gasteiger partial charge on any atom is -0.302 e. The Morgan fingerprint density at radius 3 is 2.59 bits per heavy atom. The lowest BCUT2D eigenvalue weighted by atomic mass is 10.2. The Morgan fingerprint density at radius 2 is 1.89 bits per heavy atom. The molecule has 0 spiro atoms. The molecule has 0 unspecified atom stereocenters. The number of amides is 1. The van der Waals surface area contributed by atoms with Crippen LogP contribution in [0.3, 0.4) is 0 Å². The number of carbonyl (C=O) groups excluding carboxylic acids is 1. The predicted octanol–water partition coefficient (Wildman–Crippen LogP) is 3.96. The molecule has 0 bridgehead atoms. The second-order valence-electron chi connectivity index (χ2n) is 5.65. The van der Waals surface area contributed by atoms with E-state index in [2.05, 4.69) is 15.7 Å².